The largest absolute Gasteiger partial charge is 0.417 e. The number of halogens is 12. The molecule has 0 fully saturated rings. The maximum atomic E-state index is 15.0. The summed E-state index contributed by atoms with van der Waals surface area (Å²) in [5.74, 6) is 1.06. The molecule has 9 aromatic carbocycles. The Labute approximate surface area is 463 Å². The predicted molar refractivity (Wildman–Crippen MR) is 293 cm³/mol. The van der Waals surface area contributed by atoms with E-state index in [0.717, 1.165) is 12.1 Å². The molecule has 0 saturated carbocycles. The molecule has 410 valence electrons. The van der Waals surface area contributed by atoms with E-state index in [2.05, 4.69) is 0 Å². The minimum atomic E-state index is -5.29. The number of hydrogen-bond acceptors (Lipinski definition) is 5. The van der Waals surface area contributed by atoms with Crippen molar-refractivity contribution >= 4 is 21.8 Å². The number of aromatic nitrogens is 6. The van der Waals surface area contributed by atoms with Gasteiger partial charge in [-0.1, -0.05) is 158 Å². The molecule has 0 atom stereocenters. The highest BCUT2D eigenvalue weighted by atomic mass is 19.4. The zero-order valence-electron chi connectivity index (χ0n) is 42.5. The van der Waals surface area contributed by atoms with E-state index in [1.54, 1.807) is 53.1 Å². The lowest BCUT2D eigenvalue weighted by molar-refractivity contribution is -0.144. The smallest absolute Gasteiger partial charge is 0.309 e. The minimum absolute atomic E-state index is 0.0256. The maximum absolute atomic E-state index is 15.0. The molecule has 0 aliphatic heterocycles. The van der Waals surface area contributed by atoms with Crippen LogP contribution in [0.15, 0.2) is 218 Å². The fraction of sp³-hybridized carbons (Fsp3) is 0.0615. The molecule has 12 aromatic rings. The summed E-state index contributed by atoms with van der Waals surface area (Å²) in [7, 11) is 0. The van der Waals surface area contributed by atoms with Gasteiger partial charge in [0.25, 0.3) is 0 Å². The van der Waals surface area contributed by atoms with Gasteiger partial charge in [-0.2, -0.15) is 52.7 Å². The first-order chi connectivity index (χ1) is 39.7. The Morgan fingerprint density at radius 3 is 1.05 bits per heavy atom. The molecule has 83 heavy (non-hydrogen) atoms. The van der Waals surface area contributed by atoms with Crippen molar-refractivity contribution in [3.05, 3.63) is 241 Å². The average molecular weight is 1130 g/mol. The summed E-state index contributed by atoms with van der Waals surface area (Å²) in [4.78, 5) is 24.9. The van der Waals surface area contributed by atoms with E-state index < -0.39 is 58.1 Å². The topological polar surface area (TPSA) is 69.4 Å². The molecule has 0 radical (unpaired) electrons. The van der Waals surface area contributed by atoms with Gasteiger partial charge < -0.3 is 4.57 Å². The van der Waals surface area contributed by atoms with Crippen LogP contribution >= 0.6 is 0 Å². The van der Waals surface area contributed by atoms with Gasteiger partial charge in [-0.25, -0.2) is 24.9 Å². The summed E-state index contributed by atoms with van der Waals surface area (Å²) in [6, 6.07) is 53.8. The number of rotatable bonds is 9. The molecule has 0 aliphatic carbocycles. The molecular weight excluding hydrogens is 1090 g/mol. The Morgan fingerprint density at radius 2 is 0.639 bits per heavy atom. The maximum Gasteiger partial charge on any atom is 0.417 e. The second kappa shape index (κ2) is 20.5. The lowest BCUT2D eigenvalue weighted by Crippen LogP contribution is -2.12. The molecule has 0 unspecified atom stereocenters. The fourth-order valence-electron chi connectivity index (χ4n) is 10.1. The molecule has 3 heterocycles. The van der Waals surface area contributed by atoms with Crippen molar-refractivity contribution in [1.82, 2.24) is 29.5 Å². The van der Waals surface area contributed by atoms with Gasteiger partial charge in [0.15, 0.2) is 23.3 Å². The number of nitrogens with zero attached hydrogens (tertiary/aromatic N) is 6. The molecule has 0 spiro atoms. The van der Waals surface area contributed by atoms with Crippen LogP contribution in [0.25, 0.3) is 118 Å². The van der Waals surface area contributed by atoms with E-state index in [1.165, 1.54) is 36.4 Å². The standard InChI is InChI=1S/C65H36F12N6/c66-62(67,68)44-24-28-46(51(34-44)64(72,73)74)41-21-26-48-49-27-22-42(47-29-25-45(63(69,70)71)35-52(47)65(75,76)77)33-57(49)83(56(48)32-41)55-30-23-43(61-81-59(39-17-9-3-10-18-39)80-60(82-61)40-19-11-4-12-20-40)31-50(55)54-36-53(37-13-5-1-6-14-37)78-58(79-54)38-15-7-2-8-16-38/h1-36H. The third-order valence-corrected chi connectivity index (χ3v) is 14.0. The van der Waals surface area contributed by atoms with Crippen LogP contribution in [0.5, 0.6) is 0 Å². The van der Waals surface area contributed by atoms with Gasteiger partial charge in [-0.05, 0) is 82.9 Å². The Kier molecular flexibility index (Phi) is 13.3. The van der Waals surface area contributed by atoms with Crippen LogP contribution in [-0.4, -0.2) is 29.5 Å². The molecule has 0 N–H and O–H groups in total. The second-order valence-electron chi connectivity index (χ2n) is 19.3. The van der Waals surface area contributed by atoms with Crippen molar-refractivity contribution in [3.63, 3.8) is 0 Å². The van der Waals surface area contributed by atoms with Gasteiger partial charge in [-0.3, -0.25) is 0 Å². The van der Waals surface area contributed by atoms with Crippen molar-refractivity contribution in [2.75, 3.05) is 0 Å². The van der Waals surface area contributed by atoms with E-state index in [1.807, 2.05) is 97.1 Å². The van der Waals surface area contributed by atoms with E-state index in [0.29, 0.717) is 68.1 Å². The van der Waals surface area contributed by atoms with Crippen LogP contribution in [0, 0.1) is 0 Å². The Bertz CT molecular complexity index is 4180. The third-order valence-electron chi connectivity index (χ3n) is 14.0. The van der Waals surface area contributed by atoms with Gasteiger partial charge in [-0.15, -0.1) is 0 Å². The Balaban J connectivity index is 1.20. The van der Waals surface area contributed by atoms with Crippen molar-refractivity contribution in [2.24, 2.45) is 0 Å². The zero-order chi connectivity index (χ0) is 58.0. The van der Waals surface area contributed by atoms with Crippen LogP contribution in [-0.2, 0) is 24.7 Å². The Morgan fingerprint density at radius 1 is 0.265 bits per heavy atom. The lowest BCUT2D eigenvalue weighted by Gasteiger charge is -2.19. The van der Waals surface area contributed by atoms with E-state index >= 15 is 0 Å². The van der Waals surface area contributed by atoms with Crippen molar-refractivity contribution in [1.29, 1.82) is 0 Å². The van der Waals surface area contributed by atoms with Crippen LogP contribution < -0.4 is 0 Å². The quantitative estimate of drug-likeness (QED) is 0.135. The number of hydrogen-bond donors (Lipinski definition) is 0. The first-order valence-electron chi connectivity index (χ1n) is 25.3. The van der Waals surface area contributed by atoms with Crippen LogP contribution in [0.4, 0.5) is 52.7 Å². The first-order valence-corrected chi connectivity index (χ1v) is 25.3. The SMILES string of the molecule is FC(F)(F)c1ccc(-c2ccc3c4ccc(-c5ccc(C(F)(F)F)cc5C(F)(F)F)cc4n(-c4ccc(-c5nc(-c6ccccc6)nc(-c6ccccc6)n5)cc4-c4cc(-c5ccccc5)nc(-c5ccccc5)n4)c3c2)c(C(F)(F)F)c1. The predicted octanol–water partition coefficient (Wildman–Crippen LogP) is 19.2. The van der Waals surface area contributed by atoms with Crippen LogP contribution in [0.3, 0.4) is 0 Å². The minimum Gasteiger partial charge on any atom is -0.309 e. The number of alkyl halides is 12. The molecule has 0 aliphatic rings. The average Bonchev–Trinajstić information content (AvgIpc) is 2.88. The summed E-state index contributed by atoms with van der Waals surface area (Å²) < 4.78 is 176. The molecule has 0 bridgehead atoms. The van der Waals surface area contributed by atoms with Gasteiger partial charge >= 0.3 is 24.7 Å². The van der Waals surface area contributed by atoms with Crippen LogP contribution in [0.2, 0.25) is 0 Å². The first kappa shape index (κ1) is 53.7. The van der Waals surface area contributed by atoms with Crippen molar-refractivity contribution in [2.45, 2.75) is 24.7 Å². The summed E-state index contributed by atoms with van der Waals surface area (Å²) in [6.45, 7) is 0. The summed E-state index contributed by atoms with van der Waals surface area (Å²) >= 11 is 0. The fourth-order valence-corrected chi connectivity index (χ4v) is 10.1. The van der Waals surface area contributed by atoms with E-state index in [-0.39, 0.29) is 62.9 Å². The second-order valence-corrected chi connectivity index (χ2v) is 19.3. The molecular formula is C65H36F12N6. The number of fused-ring (bicyclic) bond motifs is 3. The van der Waals surface area contributed by atoms with Crippen molar-refractivity contribution < 1.29 is 52.7 Å². The molecule has 6 nitrogen and oxygen atoms in total. The van der Waals surface area contributed by atoms with Gasteiger partial charge in [0.2, 0.25) is 0 Å². The van der Waals surface area contributed by atoms with E-state index in [9.17, 15) is 52.7 Å². The molecule has 18 heteroatoms. The number of benzene rings is 9. The Hall–Kier alpha value is -9.97. The highest BCUT2D eigenvalue weighted by molar-refractivity contribution is 6.12. The molecule has 3 aromatic heterocycles. The monoisotopic (exact) mass is 1130 g/mol. The normalized spacial score (nSPS) is 12.3. The summed E-state index contributed by atoms with van der Waals surface area (Å²) in [5.41, 5.74) is -3.45. The van der Waals surface area contributed by atoms with Gasteiger partial charge in [0, 0.05) is 44.2 Å². The summed E-state index contributed by atoms with van der Waals surface area (Å²) in [5, 5.41) is 0.647. The highest BCUT2D eigenvalue weighted by Crippen LogP contribution is 2.47. The lowest BCUT2D eigenvalue weighted by atomic mass is 9.95. The molecule has 12 rings (SSSR count). The van der Waals surface area contributed by atoms with E-state index in [4.69, 9.17) is 24.9 Å². The zero-order valence-corrected chi connectivity index (χ0v) is 42.5. The van der Waals surface area contributed by atoms with Crippen molar-refractivity contribution in [3.8, 4) is 96.0 Å². The van der Waals surface area contributed by atoms with Crippen LogP contribution in [0.1, 0.15) is 22.3 Å². The highest BCUT2D eigenvalue weighted by Gasteiger charge is 2.40. The molecule has 0 saturated heterocycles. The third kappa shape index (κ3) is 10.5. The van der Waals surface area contributed by atoms with Gasteiger partial charge in [0.1, 0.15) is 0 Å². The molecule has 0 amide bonds. The summed E-state index contributed by atoms with van der Waals surface area (Å²) in [6.07, 6.45) is -20.8. The van der Waals surface area contributed by atoms with Gasteiger partial charge in [0.05, 0.1) is 50.4 Å².